The number of likely N-dealkylation sites (tertiary alicyclic amines) is 1. The van der Waals surface area contributed by atoms with Crippen LogP contribution in [0.25, 0.3) is 0 Å². The fourth-order valence-corrected chi connectivity index (χ4v) is 3.35. The van der Waals surface area contributed by atoms with Crippen LogP contribution in [0.3, 0.4) is 0 Å². The lowest BCUT2D eigenvalue weighted by atomic mass is 10.1. The first-order valence-electron chi connectivity index (χ1n) is 8.71. The number of aryl methyl sites for hydroxylation is 2. The number of ether oxygens (including phenoxy) is 1. The van der Waals surface area contributed by atoms with Gasteiger partial charge in [0.25, 0.3) is 0 Å². The zero-order valence-electron chi connectivity index (χ0n) is 14.8. The number of aromatic nitrogens is 3. The summed E-state index contributed by atoms with van der Waals surface area (Å²) in [6.07, 6.45) is 3.96. The standard InChI is InChI=1S/C18H26N4OS/c1-14-7-8-16(11-15(14)2)23-12-17-19-22(18(24)20(17)3)13-21-9-5-4-6-10-21/h7-8,11H,4-6,9-10,12-13H2,1-3H3/p+1. The number of rotatable bonds is 5. The van der Waals surface area contributed by atoms with E-state index in [0.717, 1.165) is 23.0 Å². The summed E-state index contributed by atoms with van der Waals surface area (Å²) in [6, 6.07) is 6.16. The van der Waals surface area contributed by atoms with Gasteiger partial charge in [-0.15, -0.1) is 5.10 Å². The Kier molecular flexibility index (Phi) is 5.36. The highest BCUT2D eigenvalue weighted by Crippen LogP contribution is 2.17. The maximum atomic E-state index is 5.92. The first-order chi connectivity index (χ1) is 11.5. The van der Waals surface area contributed by atoms with Gasteiger partial charge in [0.1, 0.15) is 12.4 Å². The summed E-state index contributed by atoms with van der Waals surface area (Å²) in [5, 5.41) is 4.69. The van der Waals surface area contributed by atoms with Gasteiger partial charge in [-0.1, -0.05) is 6.07 Å². The maximum Gasteiger partial charge on any atom is 0.202 e. The molecule has 0 radical (unpaired) electrons. The van der Waals surface area contributed by atoms with Crippen molar-refractivity contribution < 1.29 is 9.64 Å². The summed E-state index contributed by atoms with van der Waals surface area (Å²) in [6.45, 7) is 7.92. The highest BCUT2D eigenvalue weighted by atomic mass is 32.1. The Morgan fingerprint density at radius 2 is 1.92 bits per heavy atom. The van der Waals surface area contributed by atoms with Crippen molar-refractivity contribution in [3.63, 3.8) is 0 Å². The van der Waals surface area contributed by atoms with Crippen LogP contribution in [0.1, 0.15) is 36.2 Å². The van der Waals surface area contributed by atoms with Crippen LogP contribution in [0.15, 0.2) is 18.2 Å². The topological polar surface area (TPSA) is 36.4 Å². The fourth-order valence-electron chi connectivity index (χ4n) is 3.13. The van der Waals surface area contributed by atoms with E-state index in [1.54, 1.807) is 4.90 Å². The molecule has 24 heavy (non-hydrogen) atoms. The molecule has 1 aromatic heterocycles. The van der Waals surface area contributed by atoms with Crippen LogP contribution in [0.5, 0.6) is 5.75 Å². The number of nitrogens with zero attached hydrogens (tertiary/aromatic N) is 3. The van der Waals surface area contributed by atoms with Crippen LogP contribution in [-0.4, -0.2) is 27.4 Å². The number of piperidine rings is 1. The average molecular weight is 348 g/mol. The molecule has 2 aromatic rings. The minimum absolute atomic E-state index is 0.435. The zero-order valence-corrected chi connectivity index (χ0v) is 15.7. The molecule has 1 N–H and O–H groups in total. The van der Waals surface area contributed by atoms with Crippen LogP contribution >= 0.6 is 12.2 Å². The molecule has 1 fully saturated rings. The normalized spacial score (nSPS) is 15.6. The van der Waals surface area contributed by atoms with Crippen LogP contribution in [0, 0.1) is 18.6 Å². The summed E-state index contributed by atoms with van der Waals surface area (Å²) < 4.78 is 10.6. The third kappa shape index (κ3) is 3.87. The van der Waals surface area contributed by atoms with Gasteiger partial charge in [0.05, 0.1) is 13.1 Å². The first kappa shape index (κ1) is 17.2. The summed E-state index contributed by atoms with van der Waals surface area (Å²) in [7, 11) is 1.97. The minimum atomic E-state index is 0.435. The van der Waals surface area contributed by atoms with E-state index in [1.807, 2.05) is 22.4 Å². The van der Waals surface area contributed by atoms with Gasteiger partial charge in [-0.3, -0.25) is 0 Å². The maximum absolute atomic E-state index is 5.92. The third-order valence-corrected chi connectivity index (χ3v) is 5.40. The highest BCUT2D eigenvalue weighted by Gasteiger charge is 2.17. The lowest BCUT2D eigenvalue weighted by Crippen LogP contribution is -3.12. The Labute approximate surface area is 148 Å². The molecule has 6 heteroatoms. The van der Waals surface area contributed by atoms with Crippen molar-refractivity contribution in [2.45, 2.75) is 46.4 Å². The minimum Gasteiger partial charge on any atom is -0.486 e. The molecule has 0 atom stereocenters. The zero-order chi connectivity index (χ0) is 17.1. The van der Waals surface area contributed by atoms with Crippen molar-refractivity contribution in [2.24, 2.45) is 7.05 Å². The second-order valence-electron chi connectivity index (χ2n) is 6.76. The Hall–Kier alpha value is -1.66. The van der Waals surface area contributed by atoms with E-state index in [0.29, 0.717) is 6.61 Å². The van der Waals surface area contributed by atoms with Gasteiger partial charge in [-0.05, 0) is 68.6 Å². The number of hydrogen-bond acceptors (Lipinski definition) is 3. The van der Waals surface area contributed by atoms with Crippen LogP contribution in [-0.2, 0) is 20.3 Å². The molecule has 1 aliphatic rings. The molecule has 3 rings (SSSR count). The lowest BCUT2D eigenvalue weighted by Gasteiger charge is -2.22. The van der Waals surface area contributed by atoms with Gasteiger partial charge in [0.15, 0.2) is 12.5 Å². The molecule has 130 valence electrons. The van der Waals surface area contributed by atoms with Gasteiger partial charge < -0.3 is 14.2 Å². The molecule has 5 nitrogen and oxygen atoms in total. The van der Waals surface area contributed by atoms with Gasteiger partial charge in [-0.25, -0.2) is 0 Å². The number of benzene rings is 1. The Bertz CT molecular complexity index is 759. The largest absolute Gasteiger partial charge is 0.486 e. The van der Waals surface area contributed by atoms with Gasteiger partial charge in [-0.2, -0.15) is 4.68 Å². The highest BCUT2D eigenvalue weighted by molar-refractivity contribution is 7.71. The molecule has 0 saturated carbocycles. The van der Waals surface area contributed by atoms with E-state index in [-0.39, 0.29) is 0 Å². The summed E-state index contributed by atoms with van der Waals surface area (Å²) >= 11 is 5.55. The molecule has 1 saturated heterocycles. The number of nitrogens with one attached hydrogen (secondary N) is 1. The van der Waals surface area contributed by atoms with Crippen LogP contribution in [0.4, 0.5) is 0 Å². The van der Waals surface area contributed by atoms with Crippen molar-refractivity contribution in [1.29, 1.82) is 0 Å². The van der Waals surface area contributed by atoms with Gasteiger partial charge >= 0.3 is 0 Å². The predicted octanol–water partition coefficient (Wildman–Crippen LogP) is 2.17. The van der Waals surface area contributed by atoms with E-state index in [4.69, 9.17) is 17.0 Å². The van der Waals surface area contributed by atoms with Crippen molar-refractivity contribution in [3.05, 3.63) is 39.9 Å². The molecular formula is C18H27N4OS+. The molecule has 0 bridgehead atoms. The summed E-state index contributed by atoms with van der Waals surface area (Å²) in [4.78, 5) is 1.57. The second kappa shape index (κ2) is 7.49. The summed E-state index contributed by atoms with van der Waals surface area (Å²) in [5.41, 5.74) is 2.51. The summed E-state index contributed by atoms with van der Waals surface area (Å²) in [5.74, 6) is 1.75. The molecule has 0 unspecified atom stereocenters. The molecule has 0 spiro atoms. The monoisotopic (exact) mass is 347 g/mol. The third-order valence-electron chi connectivity index (χ3n) is 4.91. The van der Waals surface area contributed by atoms with Gasteiger partial charge in [0, 0.05) is 7.05 Å². The van der Waals surface area contributed by atoms with Crippen molar-refractivity contribution >= 4 is 12.2 Å². The van der Waals surface area contributed by atoms with E-state index in [2.05, 4.69) is 31.1 Å². The van der Waals surface area contributed by atoms with E-state index < -0.39 is 0 Å². The number of hydrogen-bond donors (Lipinski definition) is 1. The van der Waals surface area contributed by atoms with Crippen molar-refractivity contribution in [3.8, 4) is 5.75 Å². The molecule has 1 aliphatic heterocycles. The van der Waals surface area contributed by atoms with Gasteiger partial charge in [0.2, 0.25) is 4.77 Å². The van der Waals surface area contributed by atoms with Crippen LogP contribution < -0.4 is 9.64 Å². The first-order valence-corrected chi connectivity index (χ1v) is 9.12. The SMILES string of the molecule is Cc1ccc(OCc2nn(C[NH+]3CCCCC3)c(=S)n2C)cc1C. The Morgan fingerprint density at radius 3 is 2.62 bits per heavy atom. The van der Waals surface area contributed by atoms with E-state index in [9.17, 15) is 0 Å². The quantitative estimate of drug-likeness (QED) is 0.842. The van der Waals surface area contributed by atoms with E-state index >= 15 is 0 Å². The Morgan fingerprint density at radius 1 is 1.17 bits per heavy atom. The molecular weight excluding hydrogens is 320 g/mol. The predicted molar refractivity (Wildman–Crippen MR) is 96.8 cm³/mol. The van der Waals surface area contributed by atoms with Crippen molar-refractivity contribution in [2.75, 3.05) is 13.1 Å². The van der Waals surface area contributed by atoms with E-state index in [1.165, 1.54) is 43.5 Å². The molecule has 1 aromatic carbocycles. The molecule has 2 heterocycles. The smallest absolute Gasteiger partial charge is 0.202 e. The van der Waals surface area contributed by atoms with Crippen molar-refractivity contribution in [1.82, 2.24) is 14.3 Å². The lowest BCUT2D eigenvalue weighted by molar-refractivity contribution is -0.928. The fraction of sp³-hybridized carbons (Fsp3) is 0.556. The van der Waals surface area contributed by atoms with Crippen LogP contribution in [0.2, 0.25) is 0 Å². The number of quaternary nitrogens is 1. The average Bonchev–Trinajstić information content (AvgIpc) is 2.85. The second-order valence-corrected chi connectivity index (χ2v) is 7.13. The Balaban J connectivity index is 1.68. The molecule has 0 amide bonds. The molecule has 0 aliphatic carbocycles.